The maximum absolute atomic E-state index is 12.2. The zero-order valence-corrected chi connectivity index (χ0v) is 13.6. The molecule has 6 heteroatoms. The molecule has 0 saturated heterocycles. The SMILES string of the molecule is O=S(=O)(/C=C/c1ccccc1)NCC(c1ccco1)c1ccco1. The topological polar surface area (TPSA) is 72.5 Å². The number of rotatable bonds is 7. The predicted octanol–water partition coefficient (Wildman–Crippen LogP) is 3.59. The minimum absolute atomic E-state index is 0.141. The number of benzene rings is 1. The Morgan fingerprint density at radius 3 is 2.08 bits per heavy atom. The summed E-state index contributed by atoms with van der Waals surface area (Å²) in [5, 5.41) is 1.16. The van der Waals surface area contributed by atoms with Crippen LogP contribution in [0, 0.1) is 0 Å². The molecule has 2 heterocycles. The van der Waals surface area contributed by atoms with Gasteiger partial charge >= 0.3 is 0 Å². The van der Waals surface area contributed by atoms with E-state index in [1.54, 1.807) is 42.9 Å². The van der Waals surface area contributed by atoms with Gasteiger partial charge in [0.15, 0.2) is 0 Å². The average molecular weight is 343 g/mol. The van der Waals surface area contributed by atoms with Gasteiger partial charge in [-0.3, -0.25) is 0 Å². The van der Waals surface area contributed by atoms with Crippen molar-refractivity contribution < 1.29 is 17.3 Å². The molecule has 0 amide bonds. The third-order valence-corrected chi connectivity index (χ3v) is 4.56. The minimum Gasteiger partial charge on any atom is -0.469 e. The van der Waals surface area contributed by atoms with Gasteiger partial charge in [0.2, 0.25) is 10.0 Å². The second-order valence-corrected chi connectivity index (χ2v) is 6.84. The molecule has 5 nitrogen and oxygen atoms in total. The van der Waals surface area contributed by atoms with E-state index >= 15 is 0 Å². The standard InChI is InChI=1S/C18H17NO4S/c20-24(21,13-10-15-6-2-1-3-7-15)19-14-16(17-8-4-11-22-17)18-9-5-12-23-18/h1-13,16,19H,14H2/b13-10+. The van der Waals surface area contributed by atoms with Gasteiger partial charge in [0.05, 0.1) is 18.4 Å². The number of nitrogens with one attached hydrogen (secondary N) is 1. The molecule has 0 aliphatic carbocycles. The summed E-state index contributed by atoms with van der Waals surface area (Å²) in [5.74, 6) is 0.953. The lowest BCUT2D eigenvalue weighted by atomic mass is 10.0. The van der Waals surface area contributed by atoms with Crippen LogP contribution >= 0.6 is 0 Å². The Morgan fingerprint density at radius 2 is 1.54 bits per heavy atom. The summed E-state index contributed by atoms with van der Waals surface area (Å²) in [7, 11) is -3.57. The van der Waals surface area contributed by atoms with Crippen LogP contribution in [0.5, 0.6) is 0 Å². The monoisotopic (exact) mass is 343 g/mol. The van der Waals surface area contributed by atoms with Crippen molar-refractivity contribution in [2.45, 2.75) is 5.92 Å². The summed E-state index contributed by atoms with van der Waals surface area (Å²) < 4.78 is 37.8. The van der Waals surface area contributed by atoms with Gasteiger partial charge in [0.25, 0.3) is 0 Å². The molecule has 3 aromatic rings. The fraction of sp³-hybridized carbons (Fsp3) is 0.111. The first-order valence-electron chi connectivity index (χ1n) is 7.44. The fourth-order valence-electron chi connectivity index (χ4n) is 2.30. The third kappa shape index (κ3) is 4.24. The lowest BCUT2D eigenvalue weighted by Gasteiger charge is -2.12. The summed E-state index contributed by atoms with van der Waals surface area (Å²) in [6.45, 7) is 0.141. The molecule has 0 aliphatic rings. The molecule has 1 aromatic carbocycles. The maximum atomic E-state index is 12.2. The highest BCUT2D eigenvalue weighted by molar-refractivity contribution is 7.92. The Kier molecular flexibility index (Phi) is 4.98. The quantitative estimate of drug-likeness (QED) is 0.711. The van der Waals surface area contributed by atoms with E-state index in [2.05, 4.69) is 4.72 Å². The van der Waals surface area contributed by atoms with Crippen LogP contribution in [0.3, 0.4) is 0 Å². The summed E-state index contributed by atoms with van der Waals surface area (Å²) in [4.78, 5) is 0. The van der Waals surface area contributed by atoms with E-state index in [9.17, 15) is 8.42 Å². The molecule has 3 rings (SSSR count). The zero-order valence-electron chi connectivity index (χ0n) is 12.8. The lowest BCUT2D eigenvalue weighted by molar-refractivity contribution is 0.425. The molecule has 2 aromatic heterocycles. The summed E-state index contributed by atoms with van der Waals surface area (Å²) in [6, 6.07) is 16.3. The van der Waals surface area contributed by atoms with Gasteiger partial charge in [-0.05, 0) is 35.9 Å². The van der Waals surface area contributed by atoms with Crippen LogP contribution in [0.4, 0.5) is 0 Å². The van der Waals surface area contributed by atoms with Crippen molar-refractivity contribution in [2.75, 3.05) is 6.54 Å². The zero-order chi connectivity index (χ0) is 16.8. The summed E-state index contributed by atoms with van der Waals surface area (Å²) in [6.07, 6.45) is 4.65. The highest BCUT2D eigenvalue weighted by Crippen LogP contribution is 2.25. The third-order valence-electron chi connectivity index (χ3n) is 3.50. The van der Waals surface area contributed by atoms with Crippen molar-refractivity contribution in [1.29, 1.82) is 0 Å². The first-order valence-corrected chi connectivity index (χ1v) is 8.98. The van der Waals surface area contributed by atoms with Crippen LogP contribution in [0.15, 0.2) is 81.4 Å². The molecule has 0 aliphatic heterocycles. The van der Waals surface area contributed by atoms with Crippen molar-refractivity contribution in [2.24, 2.45) is 0 Å². The first kappa shape index (κ1) is 16.3. The Labute approximate surface area is 140 Å². The first-order chi connectivity index (χ1) is 11.6. The Morgan fingerprint density at radius 1 is 0.917 bits per heavy atom. The molecular weight excluding hydrogens is 326 g/mol. The molecule has 124 valence electrons. The summed E-state index contributed by atoms with van der Waals surface area (Å²) in [5.41, 5.74) is 0.816. The van der Waals surface area contributed by atoms with Crippen LogP contribution in [0.1, 0.15) is 23.0 Å². The van der Waals surface area contributed by atoms with Gasteiger partial charge in [-0.15, -0.1) is 0 Å². The normalized spacial score (nSPS) is 12.2. The number of hydrogen-bond donors (Lipinski definition) is 1. The van der Waals surface area contributed by atoms with Crippen molar-refractivity contribution in [1.82, 2.24) is 4.72 Å². The minimum atomic E-state index is -3.57. The lowest BCUT2D eigenvalue weighted by Crippen LogP contribution is -2.27. The van der Waals surface area contributed by atoms with Crippen molar-refractivity contribution in [3.05, 3.63) is 89.6 Å². The number of furan rings is 2. The Hall–Kier alpha value is -2.57. The van der Waals surface area contributed by atoms with E-state index in [-0.39, 0.29) is 12.5 Å². The van der Waals surface area contributed by atoms with Gasteiger partial charge < -0.3 is 8.83 Å². The molecule has 0 unspecified atom stereocenters. The van der Waals surface area contributed by atoms with E-state index in [0.717, 1.165) is 11.0 Å². The predicted molar refractivity (Wildman–Crippen MR) is 91.7 cm³/mol. The molecule has 0 atom stereocenters. The van der Waals surface area contributed by atoms with Gasteiger partial charge in [0, 0.05) is 12.0 Å². The second-order valence-electron chi connectivity index (χ2n) is 5.19. The number of hydrogen-bond acceptors (Lipinski definition) is 4. The van der Waals surface area contributed by atoms with Crippen molar-refractivity contribution in [3.8, 4) is 0 Å². The van der Waals surface area contributed by atoms with Crippen molar-refractivity contribution >= 4 is 16.1 Å². The Bertz CT molecular complexity index is 832. The van der Waals surface area contributed by atoms with Crippen LogP contribution < -0.4 is 4.72 Å². The molecular formula is C18H17NO4S. The van der Waals surface area contributed by atoms with E-state index in [1.807, 2.05) is 30.3 Å². The average Bonchev–Trinajstić information content (AvgIpc) is 3.28. The molecule has 0 fully saturated rings. The van der Waals surface area contributed by atoms with E-state index < -0.39 is 10.0 Å². The van der Waals surface area contributed by atoms with Crippen LogP contribution in [0.2, 0.25) is 0 Å². The molecule has 0 bridgehead atoms. The molecule has 0 saturated carbocycles. The molecule has 0 spiro atoms. The van der Waals surface area contributed by atoms with Gasteiger partial charge in [-0.25, -0.2) is 13.1 Å². The highest BCUT2D eigenvalue weighted by atomic mass is 32.2. The van der Waals surface area contributed by atoms with Crippen LogP contribution in [-0.2, 0) is 10.0 Å². The fourth-order valence-corrected chi connectivity index (χ4v) is 3.13. The smallest absolute Gasteiger partial charge is 0.233 e. The van der Waals surface area contributed by atoms with Crippen molar-refractivity contribution in [3.63, 3.8) is 0 Å². The largest absolute Gasteiger partial charge is 0.469 e. The molecule has 0 radical (unpaired) electrons. The van der Waals surface area contributed by atoms with Crippen LogP contribution in [-0.4, -0.2) is 15.0 Å². The van der Waals surface area contributed by atoms with E-state index in [1.165, 1.54) is 0 Å². The molecule has 1 N–H and O–H groups in total. The second kappa shape index (κ2) is 7.33. The van der Waals surface area contributed by atoms with E-state index in [0.29, 0.717) is 11.5 Å². The number of sulfonamides is 1. The molecule has 24 heavy (non-hydrogen) atoms. The van der Waals surface area contributed by atoms with Gasteiger partial charge in [-0.1, -0.05) is 30.3 Å². The summed E-state index contributed by atoms with van der Waals surface area (Å²) >= 11 is 0. The highest BCUT2D eigenvalue weighted by Gasteiger charge is 2.21. The Balaban J connectivity index is 1.71. The maximum Gasteiger partial charge on any atom is 0.233 e. The van der Waals surface area contributed by atoms with Gasteiger partial charge in [-0.2, -0.15) is 0 Å². The van der Waals surface area contributed by atoms with E-state index in [4.69, 9.17) is 8.83 Å². The van der Waals surface area contributed by atoms with Gasteiger partial charge in [0.1, 0.15) is 11.5 Å². The van der Waals surface area contributed by atoms with Crippen LogP contribution in [0.25, 0.3) is 6.08 Å².